The maximum atomic E-state index is 15.3. The number of carbonyl (C=O) groups excluding carboxylic acids is 1. The van der Waals surface area contributed by atoms with Gasteiger partial charge in [-0.3, -0.25) is 4.79 Å². The summed E-state index contributed by atoms with van der Waals surface area (Å²) < 4.78 is 59.0. The first-order valence-corrected chi connectivity index (χ1v) is 26.1. The van der Waals surface area contributed by atoms with Gasteiger partial charge in [-0.2, -0.15) is 4.31 Å². The van der Waals surface area contributed by atoms with Crippen molar-refractivity contribution < 1.29 is 47.2 Å². The van der Waals surface area contributed by atoms with Gasteiger partial charge in [-0.25, -0.2) is 8.42 Å². The minimum absolute atomic E-state index is 0.00221. The standard InChI is InChI=1S/C51H67N3O10S2/c1-4-26-54(66(58,59)41-23-20-38(21-24-41)52-36(3)57)47-35-45(53-64-48-19-11-14-30-61-48)43-33-37(15-9-12-27-55)42(18-10-13-28-56)49-44-34-39(60-31-32-65-40-16-7-6-8-17-40)22-25-46(44)63-51(47,50(43)49)62-29-5-2/h5-8,16-17,20-25,33-34,37,42,47-50,55-56H,2,4,9-15,18-19,26-32,35H2,1,3H3,(H,52,57). The normalized spacial score (nSPS) is 25.3. The Balaban J connectivity index is 1.40. The average molecular weight is 946 g/mol. The number of anilines is 1. The molecule has 2 fully saturated rings. The highest BCUT2D eigenvalue weighted by molar-refractivity contribution is 7.99. The molecular formula is C51H67N3O10S2. The van der Waals surface area contributed by atoms with Gasteiger partial charge in [0.25, 0.3) is 0 Å². The molecule has 66 heavy (non-hydrogen) atoms. The maximum absolute atomic E-state index is 15.3. The number of amides is 1. The molecule has 3 aromatic rings. The van der Waals surface area contributed by atoms with Crippen molar-refractivity contribution in [2.75, 3.05) is 50.6 Å². The molecule has 2 heterocycles. The number of oxime groups is 1. The van der Waals surface area contributed by atoms with Crippen molar-refractivity contribution in [2.45, 2.75) is 118 Å². The number of sulfonamides is 1. The predicted octanol–water partition coefficient (Wildman–Crippen LogP) is 9.08. The van der Waals surface area contributed by atoms with Gasteiger partial charge in [0.2, 0.25) is 28.0 Å². The lowest BCUT2D eigenvalue weighted by molar-refractivity contribution is -0.251. The molecule has 3 N–H and O–H groups in total. The summed E-state index contributed by atoms with van der Waals surface area (Å²) in [7, 11) is -4.26. The first kappa shape index (κ1) is 49.7. The molecule has 358 valence electrons. The highest BCUT2D eigenvalue weighted by atomic mass is 32.2. The summed E-state index contributed by atoms with van der Waals surface area (Å²) in [5.41, 5.74) is 2.91. The van der Waals surface area contributed by atoms with E-state index in [1.807, 2.05) is 37.3 Å². The van der Waals surface area contributed by atoms with Crippen LogP contribution in [0.3, 0.4) is 0 Å². The van der Waals surface area contributed by atoms with Gasteiger partial charge in [0.1, 0.15) is 11.5 Å². The van der Waals surface area contributed by atoms with Gasteiger partial charge in [-0.05, 0) is 117 Å². The first-order valence-electron chi connectivity index (χ1n) is 23.7. The van der Waals surface area contributed by atoms with Crippen LogP contribution >= 0.6 is 11.8 Å². The van der Waals surface area contributed by atoms with Gasteiger partial charge in [0.05, 0.1) is 42.4 Å². The van der Waals surface area contributed by atoms with Crippen molar-refractivity contribution in [2.24, 2.45) is 22.9 Å². The number of ether oxygens (including phenoxy) is 4. The van der Waals surface area contributed by atoms with Crippen LogP contribution < -0.4 is 14.8 Å². The third kappa shape index (κ3) is 11.5. The summed E-state index contributed by atoms with van der Waals surface area (Å²) in [5, 5.41) is 27.6. The van der Waals surface area contributed by atoms with Crippen molar-refractivity contribution in [1.29, 1.82) is 0 Å². The molecule has 1 amide bonds. The van der Waals surface area contributed by atoms with Gasteiger partial charge in [-0.1, -0.05) is 55.3 Å². The molecule has 15 heteroatoms. The Bertz CT molecular complexity index is 2230. The summed E-state index contributed by atoms with van der Waals surface area (Å²) in [5.74, 6) is -0.626. The Morgan fingerprint density at radius 1 is 1.03 bits per heavy atom. The number of carbonyl (C=O) groups is 1. The number of hydrogen-bond acceptors (Lipinski definition) is 12. The number of rotatable bonds is 24. The SMILES string of the molecule is C=CCOC12Oc3ccc(OCCSc4ccccc4)cc3C3C(CCCCO)C(CCCCO)C=C(C(=NOC4CCCCO4)CC1N(CCC)S(=O)(=O)c1ccc(NC(C)=O)cc1)C32. The minimum atomic E-state index is -4.26. The van der Waals surface area contributed by atoms with E-state index in [2.05, 4.69) is 36.2 Å². The maximum Gasteiger partial charge on any atom is 0.243 e. The summed E-state index contributed by atoms with van der Waals surface area (Å²) in [6, 6.07) is 21.4. The number of fused-ring (bicyclic) bond motifs is 2. The smallest absolute Gasteiger partial charge is 0.243 e. The molecule has 1 saturated carbocycles. The Labute approximate surface area is 395 Å². The largest absolute Gasteiger partial charge is 0.493 e. The van der Waals surface area contributed by atoms with Crippen molar-refractivity contribution in [3.8, 4) is 11.5 Å². The number of thioether (sulfide) groups is 1. The zero-order valence-electron chi connectivity index (χ0n) is 38.4. The molecule has 13 nitrogen and oxygen atoms in total. The summed E-state index contributed by atoms with van der Waals surface area (Å²) in [4.78, 5) is 19.4. The molecule has 7 rings (SSSR count). The highest BCUT2D eigenvalue weighted by Crippen LogP contribution is 2.62. The van der Waals surface area contributed by atoms with E-state index in [0.29, 0.717) is 61.8 Å². The fourth-order valence-electron chi connectivity index (χ4n) is 10.2. The lowest BCUT2D eigenvalue weighted by Gasteiger charge is -2.59. The molecule has 0 spiro atoms. The molecule has 3 aromatic carbocycles. The zero-order valence-corrected chi connectivity index (χ0v) is 40.0. The van der Waals surface area contributed by atoms with Gasteiger partial charge in [0, 0.05) is 67.3 Å². The van der Waals surface area contributed by atoms with E-state index in [1.165, 1.54) is 28.3 Å². The molecule has 0 aromatic heterocycles. The highest BCUT2D eigenvalue weighted by Gasteiger charge is 2.66. The fraction of sp³-hybridized carbons (Fsp3) is 0.529. The van der Waals surface area contributed by atoms with Crippen LogP contribution in [-0.4, -0.2) is 98.0 Å². The van der Waals surface area contributed by atoms with E-state index >= 15 is 8.42 Å². The number of unbranched alkanes of at least 4 members (excludes halogenated alkanes) is 2. The van der Waals surface area contributed by atoms with Crippen LogP contribution in [0.4, 0.5) is 5.69 Å². The molecule has 4 aliphatic rings. The quantitative estimate of drug-likeness (QED) is 0.0340. The van der Waals surface area contributed by atoms with Crippen LogP contribution in [0.5, 0.6) is 11.5 Å². The van der Waals surface area contributed by atoms with Crippen LogP contribution in [0.1, 0.15) is 96.0 Å². The van der Waals surface area contributed by atoms with Gasteiger partial charge < -0.3 is 39.3 Å². The lowest BCUT2D eigenvalue weighted by Crippen LogP contribution is -2.70. The topological polar surface area (TPSA) is 165 Å². The molecule has 7 unspecified atom stereocenters. The second kappa shape index (κ2) is 23.7. The van der Waals surface area contributed by atoms with Gasteiger partial charge in [-0.15, -0.1) is 18.3 Å². The van der Waals surface area contributed by atoms with Crippen molar-refractivity contribution >= 4 is 39.1 Å². The molecule has 0 bridgehead atoms. The van der Waals surface area contributed by atoms with E-state index in [-0.39, 0.29) is 61.3 Å². The second-order valence-electron chi connectivity index (χ2n) is 17.5. The zero-order chi connectivity index (χ0) is 46.5. The molecule has 1 saturated heterocycles. The second-order valence-corrected chi connectivity index (χ2v) is 20.6. The molecule has 2 aliphatic carbocycles. The Kier molecular flexibility index (Phi) is 17.8. The fourth-order valence-corrected chi connectivity index (χ4v) is 12.7. The molecule has 7 atom stereocenters. The minimum Gasteiger partial charge on any atom is -0.493 e. The van der Waals surface area contributed by atoms with Crippen LogP contribution in [0.25, 0.3) is 0 Å². The lowest BCUT2D eigenvalue weighted by atomic mass is 9.55. The van der Waals surface area contributed by atoms with E-state index < -0.39 is 34.1 Å². The first-order chi connectivity index (χ1) is 32.1. The summed E-state index contributed by atoms with van der Waals surface area (Å²) in [6.07, 6.45) is 11.0. The van der Waals surface area contributed by atoms with E-state index in [1.54, 1.807) is 30.0 Å². The number of aliphatic hydroxyl groups excluding tert-OH is 2. The summed E-state index contributed by atoms with van der Waals surface area (Å²) >= 11 is 1.73. The van der Waals surface area contributed by atoms with Crippen molar-refractivity contribution in [3.05, 3.63) is 103 Å². The predicted molar refractivity (Wildman–Crippen MR) is 257 cm³/mol. The van der Waals surface area contributed by atoms with Gasteiger partial charge >= 0.3 is 0 Å². The Morgan fingerprint density at radius 3 is 2.50 bits per heavy atom. The Morgan fingerprint density at radius 2 is 1.80 bits per heavy atom. The monoisotopic (exact) mass is 945 g/mol. The summed E-state index contributed by atoms with van der Waals surface area (Å²) in [6.45, 7) is 8.79. The number of aliphatic hydroxyl groups is 2. The van der Waals surface area contributed by atoms with E-state index in [9.17, 15) is 15.0 Å². The molecular weight excluding hydrogens is 879 g/mol. The van der Waals surface area contributed by atoms with Crippen LogP contribution in [0.15, 0.2) is 112 Å². The van der Waals surface area contributed by atoms with Crippen molar-refractivity contribution in [3.63, 3.8) is 0 Å². The third-order valence-corrected chi connectivity index (χ3v) is 15.9. The average Bonchev–Trinajstić information content (AvgIpc) is 3.32. The van der Waals surface area contributed by atoms with Crippen LogP contribution in [0, 0.1) is 17.8 Å². The van der Waals surface area contributed by atoms with Crippen molar-refractivity contribution in [1.82, 2.24) is 4.31 Å². The number of benzene rings is 3. The number of nitrogens with zero attached hydrogens (tertiary/aromatic N) is 2. The third-order valence-electron chi connectivity index (χ3n) is 13.0. The molecule has 2 aliphatic heterocycles. The van der Waals surface area contributed by atoms with Crippen LogP contribution in [0.2, 0.25) is 0 Å². The Hall–Kier alpha value is -4.22. The number of allylic oxidation sites excluding steroid dienone is 1. The van der Waals surface area contributed by atoms with E-state index in [0.717, 1.165) is 55.4 Å². The number of hydrogen-bond donors (Lipinski definition) is 3. The van der Waals surface area contributed by atoms with Crippen LogP contribution in [-0.2, 0) is 29.1 Å². The number of nitrogens with one attached hydrogen (secondary N) is 1. The van der Waals surface area contributed by atoms with Gasteiger partial charge in [0.15, 0.2) is 0 Å². The molecule has 0 radical (unpaired) electrons. The van der Waals surface area contributed by atoms with E-state index in [4.69, 9.17) is 28.9 Å².